The number of carbonyl (C=O) groups excluding carboxylic acids is 1. The van der Waals surface area contributed by atoms with Gasteiger partial charge in [0.1, 0.15) is 5.75 Å². The second kappa shape index (κ2) is 9.39. The summed E-state index contributed by atoms with van der Waals surface area (Å²) in [6.07, 6.45) is 1.31. The zero-order chi connectivity index (χ0) is 22.7. The highest BCUT2D eigenvalue weighted by Gasteiger charge is 2.29. The molecule has 1 fully saturated rings. The van der Waals surface area contributed by atoms with Gasteiger partial charge in [-0.05, 0) is 37.1 Å². The first-order chi connectivity index (χ1) is 15.4. The molecule has 0 aliphatic carbocycles. The van der Waals surface area contributed by atoms with Crippen LogP contribution in [-0.2, 0) is 11.2 Å². The summed E-state index contributed by atoms with van der Waals surface area (Å²) in [6.45, 7) is 3.52. The van der Waals surface area contributed by atoms with Gasteiger partial charge in [0.2, 0.25) is 11.9 Å². The Morgan fingerprint density at radius 2 is 1.81 bits per heavy atom. The first-order valence-corrected chi connectivity index (χ1v) is 11.0. The normalized spacial score (nSPS) is 15.6. The van der Waals surface area contributed by atoms with Gasteiger partial charge >= 0.3 is 0 Å². The third kappa shape index (κ3) is 4.90. The summed E-state index contributed by atoms with van der Waals surface area (Å²) in [6, 6.07) is 18.2. The molecule has 0 spiro atoms. The Morgan fingerprint density at radius 3 is 2.47 bits per heavy atom. The van der Waals surface area contributed by atoms with Crippen molar-refractivity contribution >= 4 is 11.9 Å². The quantitative estimate of drug-likeness (QED) is 0.590. The summed E-state index contributed by atoms with van der Waals surface area (Å²) in [7, 11) is 5.55. The minimum Gasteiger partial charge on any atom is -0.497 e. The van der Waals surface area contributed by atoms with Gasteiger partial charge in [0.05, 0.1) is 24.9 Å². The van der Waals surface area contributed by atoms with Crippen molar-refractivity contribution in [2.24, 2.45) is 0 Å². The van der Waals surface area contributed by atoms with Crippen molar-refractivity contribution in [3.63, 3.8) is 0 Å². The molecule has 1 atom stereocenters. The van der Waals surface area contributed by atoms with Gasteiger partial charge in [-0.15, -0.1) is 0 Å². The van der Waals surface area contributed by atoms with Crippen molar-refractivity contribution in [1.29, 1.82) is 0 Å². The number of anilines is 1. The molecule has 32 heavy (non-hydrogen) atoms. The first kappa shape index (κ1) is 21.8. The van der Waals surface area contributed by atoms with Gasteiger partial charge in [-0.3, -0.25) is 4.79 Å². The van der Waals surface area contributed by atoms with E-state index in [0.717, 1.165) is 41.2 Å². The number of rotatable bonds is 6. The van der Waals surface area contributed by atoms with E-state index >= 15 is 0 Å². The Labute approximate surface area is 189 Å². The molecular formula is C26H30N4O2. The topological polar surface area (TPSA) is 58.6 Å². The molecule has 166 valence electrons. The molecule has 1 aliphatic heterocycles. The molecule has 2 aromatic carbocycles. The van der Waals surface area contributed by atoms with E-state index in [0.29, 0.717) is 18.9 Å². The van der Waals surface area contributed by atoms with Crippen LogP contribution in [-0.4, -0.2) is 55.1 Å². The van der Waals surface area contributed by atoms with Crippen molar-refractivity contribution in [3.8, 4) is 17.0 Å². The number of aryl methyl sites for hydroxylation is 1. The molecule has 0 saturated carbocycles. The summed E-state index contributed by atoms with van der Waals surface area (Å²) in [5, 5.41) is 0. The third-order valence-corrected chi connectivity index (χ3v) is 5.96. The van der Waals surface area contributed by atoms with Crippen molar-refractivity contribution in [3.05, 3.63) is 71.4 Å². The van der Waals surface area contributed by atoms with Gasteiger partial charge in [0.25, 0.3) is 0 Å². The number of likely N-dealkylation sites (tertiary alicyclic amines) is 1. The molecule has 2 heterocycles. The summed E-state index contributed by atoms with van der Waals surface area (Å²) in [5.41, 5.74) is 5.21. The van der Waals surface area contributed by atoms with Crippen LogP contribution in [0.15, 0.2) is 54.6 Å². The molecule has 3 aromatic rings. The van der Waals surface area contributed by atoms with E-state index in [1.807, 2.05) is 48.2 Å². The van der Waals surface area contributed by atoms with E-state index in [4.69, 9.17) is 14.7 Å². The van der Waals surface area contributed by atoms with Gasteiger partial charge in [-0.1, -0.05) is 42.0 Å². The highest BCUT2D eigenvalue weighted by Crippen LogP contribution is 2.30. The lowest BCUT2D eigenvalue weighted by Crippen LogP contribution is -2.30. The van der Waals surface area contributed by atoms with Gasteiger partial charge in [0.15, 0.2) is 0 Å². The third-order valence-electron chi connectivity index (χ3n) is 5.96. The van der Waals surface area contributed by atoms with Crippen molar-refractivity contribution in [2.45, 2.75) is 25.7 Å². The molecule has 6 nitrogen and oxygen atoms in total. The fraction of sp³-hybridized carbons (Fsp3) is 0.346. The van der Waals surface area contributed by atoms with Crippen LogP contribution in [0.2, 0.25) is 0 Å². The number of methoxy groups -OCH3 is 1. The number of carbonyl (C=O) groups is 1. The van der Waals surface area contributed by atoms with Crippen LogP contribution in [0.3, 0.4) is 0 Å². The van der Waals surface area contributed by atoms with Gasteiger partial charge in [0, 0.05) is 38.7 Å². The number of amides is 1. The molecule has 0 radical (unpaired) electrons. The minimum absolute atomic E-state index is 0.151. The van der Waals surface area contributed by atoms with Gasteiger partial charge < -0.3 is 14.5 Å². The molecule has 1 saturated heterocycles. The SMILES string of the molecule is COc1ccc(CC(=O)N2CC[C@@H](c3cc(-c4ccc(C)cc4)nc(N(C)C)n3)C2)cc1. The highest BCUT2D eigenvalue weighted by atomic mass is 16.5. The summed E-state index contributed by atoms with van der Waals surface area (Å²) in [4.78, 5) is 26.4. The van der Waals surface area contributed by atoms with Crippen molar-refractivity contribution in [1.82, 2.24) is 14.9 Å². The Hall–Kier alpha value is -3.41. The number of ether oxygens (including phenoxy) is 1. The maximum absolute atomic E-state index is 12.9. The summed E-state index contributed by atoms with van der Waals surface area (Å²) >= 11 is 0. The standard InChI is InChI=1S/C26H30N4O2/c1-18-5-9-20(10-6-18)23-16-24(28-26(27-23)29(2)3)21-13-14-30(17-21)25(31)15-19-7-11-22(32-4)12-8-19/h5-12,16,21H,13-15,17H2,1-4H3/t21-/m1/s1. The Kier molecular flexibility index (Phi) is 6.40. The first-order valence-electron chi connectivity index (χ1n) is 11.0. The predicted octanol–water partition coefficient (Wildman–Crippen LogP) is 4.09. The van der Waals surface area contributed by atoms with Crippen LogP contribution >= 0.6 is 0 Å². The Morgan fingerprint density at radius 1 is 1.09 bits per heavy atom. The molecule has 0 unspecified atom stereocenters. The number of benzene rings is 2. The van der Waals surface area contributed by atoms with Crippen LogP contribution in [0, 0.1) is 6.92 Å². The lowest BCUT2D eigenvalue weighted by molar-refractivity contribution is -0.129. The van der Waals surface area contributed by atoms with Crippen LogP contribution < -0.4 is 9.64 Å². The smallest absolute Gasteiger partial charge is 0.227 e. The van der Waals surface area contributed by atoms with Crippen LogP contribution in [0.5, 0.6) is 5.75 Å². The second-order valence-electron chi connectivity index (χ2n) is 8.59. The largest absolute Gasteiger partial charge is 0.497 e. The van der Waals surface area contributed by atoms with E-state index in [1.54, 1.807) is 7.11 Å². The molecular weight excluding hydrogens is 400 g/mol. The lowest BCUT2D eigenvalue weighted by atomic mass is 10.0. The van der Waals surface area contributed by atoms with E-state index in [9.17, 15) is 4.79 Å². The fourth-order valence-corrected chi connectivity index (χ4v) is 3.99. The number of hydrogen-bond acceptors (Lipinski definition) is 5. The summed E-state index contributed by atoms with van der Waals surface area (Å²) < 4.78 is 5.20. The van der Waals surface area contributed by atoms with Crippen LogP contribution in [0.1, 0.15) is 29.2 Å². The molecule has 1 aromatic heterocycles. The van der Waals surface area contributed by atoms with Gasteiger partial charge in [-0.2, -0.15) is 0 Å². The van der Waals surface area contributed by atoms with Gasteiger partial charge in [-0.25, -0.2) is 9.97 Å². The van der Waals surface area contributed by atoms with Crippen LogP contribution in [0.25, 0.3) is 11.3 Å². The second-order valence-corrected chi connectivity index (χ2v) is 8.59. The molecule has 4 rings (SSSR count). The zero-order valence-corrected chi connectivity index (χ0v) is 19.2. The van der Waals surface area contributed by atoms with E-state index in [1.165, 1.54) is 5.56 Å². The maximum Gasteiger partial charge on any atom is 0.227 e. The lowest BCUT2D eigenvalue weighted by Gasteiger charge is -2.18. The van der Waals surface area contributed by atoms with Crippen molar-refractivity contribution < 1.29 is 9.53 Å². The van der Waals surface area contributed by atoms with E-state index < -0.39 is 0 Å². The molecule has 1 aliphatic rings. The number of nitrogens with zero attached hydrogens (tertiary/aromatic N) is 4. The number of hydrogen-bond donors (Lipinski definition) is 0. The van der Waals surface area contributed by atoms with E-state index in [2.05, 4.69) is 37.3 Å². The number of aromatic nitrogens is 2. The average Bonchev–Trinajstić information content (AvgIpc) is 3.30. The Bertz CT molecular complexity index is 1080. The zero-order valence-electron chi connectivity index (χ0n) is 19.2. The maximum atomic E-state index is 12.9. The van der Waals surface area contributed by atoms with Crippen LogP contribution in [0.4, 0.5) is 5.95 Å². The summed E-state index contributed by atoms with van der Waals surface area (Å²) in [5.74, 6) is 1.85. The molecule has 0 N–H and O–H groups in total. The average molecular weight is 431 g/mol. The van der Waals surface area contributed by atoms with E-state index in [-0.39, 0.29) is 11.8 Å². The molecule has 0 bridgehead atoms. The minimum atomic E-state index is 0.151. The molecule has 1 amide bonds. The molecule has 6 heteroatoms. The monoisotopic (exact) mass is 430 g/mol. The van der Waals surface area contributed by atoms with Crippen molar-refractivity contribution in [2.75, 3.05) is 39.2 Å². The Balaban J connectivity index is 1.51. The fourth-order valence-electron chi connectivity index (χ4n) is 3.99. The predicted molar refractivity (Wildman–Crippen MR) is 127 cm³/mol. The highest BCUT2D eigenvalue weighted by molar-refractivity contribution is 5.79.